The molecule has 0 saturated carbocycles. The van der Waals surface area contributed by atoms with Gasteiger partial charge in [0.1, 0.15) is 5.75 Å². The fourth-order valence-corrected chi connectivity index (χ4v) is 3.59. The van der Waals surface area contributed by atoms with Crippen LogP contribution in [0.5, 0.6) is 5.75 Å². The quantitative estimate of drug-likeness (QED) is 0.647. The summed E-state index contributed by atoms with van der Waals surface area (Å²) >= 11 is 7.40. The number of carbonyl (C=O) groups excluding carboxylic acids is 1. The molecule has 1 amide bonds. The number of hydrogen-bond donors (Lipinski definition) is 1. The van der Waals surface area contributed by atoms with Gasteiger partial charge in [-0.05, 0) is 43.2 Å². The van der Waals surface area contributed by atoms with E-state index in [0.29, 0.717) is 10.9 Å². The number of benzene rings is 2. The van der Waals surface area contributed by atoms with Gasteiger partial charge in [0.2, 0.25) is 0 Å². The van der Waals surface area contributed by atoms with Gasteiger partial charge in [-0.15, -0.1) is 11.3 Å². The molecule has 4 nitrogen and oxygen atoms in total. The van der Waals surface area contributed by atoms with Crippen LogP contribution in [0.1, 0.15) is 21.7 Å². The van der Waals surface area contributed by atoms with Gasteiger partial charge in [-0.25, -0.2) is 4.98 Å². The van der Waals surface area contributed by atoms with Crippen molar-refractivity contribution in [3.63, 3.8) is 0 Å². The SMILES string of the molecule is Cc1ccccc1OCC(=O)Nc1nc(C)c(Cc2ccc(Cl)cc2)s1. The van der Waals surface area contributed by atoms with Crippen LogP contribution in [-0.2, 0) is 11.2 Å². The summed E-state index contributed by atoms with van der Waals surface area (Å²) < 4.78 is 5.57. The molecule has 2 aromatic carbocycles. The number of nitrogens with one attached hydrogen (secondary N) is 1. The highest BCUT2D eigenvalue weighted by molar-refractivity contribution is 7.15. The number of amides is 1. The fraction of sp³-hybridized carbons (Fsp3) is 0.200. The van der Waals surface area contributed by atoms with Gasteiger partial charge in [0.05, 0.1) is 5.69 Å². The van der Waals surface area contributed by atoms with Crippen molar-refractivity contribution in [3.8, 4) is 5.75 Å². The summed E-state index contributed by atoms with van der Waals surface area (Å²) in [5, 5.41) is 4.12. The lowest BCUT2D eigenvalue weighted by atomic mass is 10.1. The van der Waals surface area contributed by atoms with Crippen LogP contribution in [0, 0.1) is 13.8 Å². The zero-order chi connectivity index (χ0) is 18.5. The average Bonchev–Trinajstić information content (AvgIpc) is 2.95. The smallest absolute Gasteiger partial charge is 0.264 e. The van der Waals surface area contributed by atoms with Crippen molar-refractivity contribution >= 4 is 34.0 Å². The highest BCUT2D eigenvalue weighted by atomic mass is 35.5. The van der Waals surface area contributed by atoms with Crippen LogP contribution in [0.15, 0.2) is 48.5 Å². The Morgan fingerprint density at radius 1 is 1.15 bits per heavy atom. The van der Waals surface area contributed by atoms with E-state index >= 15 is 0 Å². The van der Waals surface area contributed by atoms with E-state index in [1.54, 1.807) is 0 Å². The third-order valence-corrected chi connectivity index (χ3v) is 5.19. The van der Waals surface area contributed by atoms with E-state index in [-0.39, 0.29) is 12.5 Å². The molecule has 0 bridgehead atoms. The molecule has 26 heavy (non-hydrogen) atoms. The molecule has 1 aromatic heterocycles. The minimum atomic E-state index is -0.222. The maximum Gasteiger partial charge on any atom is 0.264 e. The zero-order valence-corrected chi connectivity index (χ0v) is 16.2. The van der Waals surface area contributed by atoms with Crippen molar-refractivity contribution in [2.24, 2.45) is 0 Å². The van der Waals surface area contributed by atoms with Gasteiger partial charge in [0.25, 0.3) is 5.91 Å². The molecule has 134 valence electrons. The normalized spacial score (nSPS) is 10.6. The minimum Gasteiger partial charge on any atom is -0.483 e. The number of thiazole rings is 1. The predicted molar refractivity (Wildman–Crippen MR) is 106 cm³/mol. The maximum absolute atomic E-state index is 12.1. The highest BCUT2D eigenvalue weighted by Crippen LogP contribution is 2.26. The van der Waals surface area contributed by atoms with Crippen molar-refractivity contribution in [1.82, 2.24) is 4.98 Å². The number of aryl methyl sites for hydroxylation is 2. The third-order valence-electron chi connectivity index (χ3n) is 3.87. The first-order valence-corrected chi connectivity index (χ1v) is 9.40. The summed E-state index contributed by atoms with van der Waals surface area (Å²) in [7, 11) is 0. The number of carbonyl (C=O) groups is 1. The molecule has 0 fully saturated rings. The Bertz CT molecular complexity index is 906. The molecular formula is C20H19ClN2O2S. The molecule has 0 aliphatic heterocycles. The van der Waals surface area contributed by atoms with E-state index < -0.39 is 0 Å². The second kappa shape index (κ2) is 8.34. The van der Waals surface area contributed by atoms with Gasteiger partial charge in [-0.3, -0.25) is 10.1 Å². The van der Waals surface area contributed by atoms with Gasteiger partial charge in [-0.1, -0.05) is 41.9 Å². The van der Waals surface area contributed by atoms with Gasteiger partial charge in [0.15, 0.2) is 11.7 Å². The molecule has 0 unspecified atom stereocenters. The number of rotatable bonds is 6. The van der Waals surface area contributed by atoms with Crippen molar-refractivity contribution < 1.29 is 9.53 Å². The molecule has 0 aliphatic rings. The summed E-state index contributed by atoms with van der Waals surface area (Å²) in [5.41, 5.74) is 3.07. The predicted octanol–water partition coefficient (Wildman–Crippen LogP) is 5.02. The minimum absolute atomic E-state index is 0.0456. The van der Waals surface area contributed by atoms with Crippen molar-refractivity contribution in [3.05, 3.63) is 75.3 Å². The number of para-hydroxylation sites is 1. The number of hydrogen-bond acceptors (Lipinski definition) is 4. The first-order valence-electron chi connectivity index (χ1n) is 8.20. The number of aromatic nitrogens is 1. The second-order valence-corrected chi connectivity index (χ2v) is 7.45. The van der Waals surface area contributed by atoms with Gasteiger partial charge in [-0.2, -0.15) is 0 Å². The lowest BCUT2D eigenvalue weighted by Crippen LogP contribution is -2.20. The van der Waals surface area contributed by atoms with Crippen LogP contribution < -0.4 is 10.1 Å². The summed E-state index contributed by atoms with van der Waals surface area (Å²) in [6, 6.07) is 15.3. The zero-order valence-electron chi connectivity index (χ0n) is 14.6. The van der Waals surface area contributed by atoms with E-state index in [1.807, 2.05) is 62.4 Å². The lowest BCUT2D eigenvalue weighted by Gasteiger charge is -2.07. The number of anilines is 1. The molecular weight excluding hydrogens is 368 g/mol. The number of nitrogens with zero attached hydrogens (tertiary/aromatic N) is 1. The Labute approximate surface area is 161 Å². The van der Waals surface area contributed by atoms with Crippen molar-refractivity contribution in [2.45, 2.75) is 20.3 Å². The standard InChI is InChI=1S/C20H19ClN2O2S/c1-13-5-3-4-6-17(13)25-12-19(24)23-20-22-14(2)18(26-20)11-15-7-9-16(21)10-8-15/h3-10H,11-12H2,1-2H3,(H,22,23,24). The summed E-state index contributed by atoms with van der Waals surface area (Å²) in [6.45, 7) is 3.84. The van der Waals surface area contributed by atoms with E-state index in [0.717, 1.165) is 33.1 Å². The van der Waals surface area contributed by atoms with Crippen molar-refractivity contribution in [2.75, 3.05) is 11.9 Å². The summed E-state index contributed by atoms with van der Waals surface area (Å²) in [4.78, 5) is 17.7. The Hall–Kier alpha value is -2.37. The largest absolute Gasteiger partial charge is 0.483 e. The lowest BCUT2D eigenvalue weighted by molar-refractivity contribution is -0.118. The van der Waals surface area contributed by atoms with E-state index in [2.05, 4.69) is 10.3 Å². The first-order chi connectivity index (χ1) is 12.5. The molecule has 1 heterocycles. The molecule has 6 heteroatoms. The van der Waals surface area contributed by atoms with Crippen LogP contribution in [0.4, 0.5) is 5.13 Å². The second-order valence-electron chi connectivity index (χ2n) is 5.93. The molecule has 0 saturated heterocycles. The van der Waals surface area contributed by atoms with Crippen LogP contribution >= 0.6 is 22.9 Å². The topological polar surface area (TPSA) is 51.2 Å². The Morgan fingerprint density at radius 3 is 2.62 bits per heavy atom. The molecule has 3 aromatic rings. The van der Waals surface area contributed by atoms with Crippen LogP contribution in [0.25, 0.3) is 0 Å². The third kappa shape index (κ3) is 4.84. The van der Waals surface area contributed by atoms with E-state index in [9.17, 15) is 4.79 Å². The fourth-order valence-electron chi connectivity index (χ4n) is 2.45. The van der Waals surface area contributed by atoms with Crippen LogP contribution in [0.2, 0.25) is 5.02 Å². The highest BCUT2D eigenvalue weighted by Gasteiger charge is 2.12. The van der Waals surface area contributed by atoms with Gasteiger partial charge in [0, 0.05) is 16.3 Å². The Balaban J connectivity index is 1.59. The Morgan fingerprint density at radius 2 is 1.88 bits per heavy atom. The molecule has 0 aliphatic carbocycles. The summed E-state index contributed by atoms with van der Waals surface area (Å²) in [5.74, 6) is 0.487. The molecule has 3 rings (SSSR count). The van der Waals surface area contributed by atoms with Crippen LogP contribution in [0.3, 0.4) is 0 Å². The maximum atomic E-state index is 12.1. The first kappa shape index (κ1) is 18.4. The molecule has 0 atom stereocenters. The van der Waals surface area contributed by atoms with Crippen molar-refractivity contribution in [1.29, 1.82) is 0 Å². The Kier molecular flexibility index (Phi) is 5.91. The monoisotopic (exact) mass is 386 g/mol. The number of halogens is 1. The van der Waals surface area contributed by atoms with E-state index in [4.69, 9.17) is 16.3 Å². The average molecular weight is 387 g/mol. The van der Waals surface area contributed by atoms with Gasteiger partial charge < -0.3 is 4.74 Å². The van der Waals surface area contributed by atoms with E-state index in [1.165, 1.54) is 11.3 Å². The molecule has 0 radical (unpaired) electrons. The number of ether oxygens (including phenoxy) is 1. The van der Waals surface area contributed by atoms with Crippen LogP contribution in [-0.4, -0.2) is 17.5 Å². The molecule has 1 N–H and O–H groups in total. The summed E-state index contributed by atoms with van der Waals surface area (Å²) in [6.07, 6.45) is 0.760. The molecule has 0 spiro atoms. The van der Waals surface area contributed by atoms with Gasteiger partial charge >= 0.3 is 0 Å².